The number of carbonyl (C=O) groups excluding carboxylic acids is 1. The largest absolute Gasteiger partial charge is 0.466 e. The molecule has 0 aliphatic carbocycles. The second kappa shape index (κ2) is 8.18. The number of piperidine rings is 1. The lowest BCUT2D eigenvalue weighted by atomic mass is 9.97. The summed E-state index contributed by atoms with van der Waals surface area (Å²) in [6.07, 6.45) is 4.20. The molecule has 9 nitrogen and oxygen atoms in total. The van der Waals surface area contributed by atoms with Crippen LogP contribution in [0.25, 0.3) is 16.8 Å². The van der Waals surface area contributed by atoms with Crippen molar-refractivity contribution >= 4 is 32.8 Å². The highest BCUT2D eigenvalue weighted by atomic mass is 32.2. The maximum atomic E-state index is 12.3. The van der Waals surface area contributed by atoms with Crippen LogP contribution in [0.15, 0.2) is 41.6 Å². The maximum absolute atomic E-state index is 12.3. The van der Waals surface area contributed by atoms with E-state index in [9.17, 15) is 13.2 Å². The summed E-state index contributed by atoms with van der Waals surface area (Å²) < 4.78 is 30.5. The van der Waals surface area contributed by atoms with Crippen LogP contribution in [0.5, 0.6) is 0 Å². The zero-order chi connectivity index (χ0) is 22.2. The molecule has 31 heavy (non-hydrogen) atoms. The number of rotatable bonds is 5. The van der Waals surface area contributed by atoms with Crippen molar-refractivity contribution in [2.45, 2.75) is 24.7 Å². The van der Waals surface area contributed by atoms with Crippen LogP contribution < -0.4 is 10.6 Å². The Labute approximate surface area is 180 Å². The fourth-order valence-electron chi connectivity index (χ4n) is 4.02. The van der Waals surface area contributed by atoms with E-state index in [2.05, 4.69) is 15.0 Å². The van der Waals surface area contributed by atoms with Gasteiger partial charge in [0.1, 0.15) is 11.8 Å². The number of nitrogens with zero attached hydrogens (tertiary/aromatic N) is 4. The summed E-state index contributed by atoms with van der Waals surface area (Å²) >= 11 is 0. The first kappa shape index (κ1) is 21.1. The molecule has 1 aliphatic rings. The number of nitrogen functional groups attached to an aromatic ring is 1. The molecule has 3 aromatic rings. The smallest absolute Gasteiger partial charge is 0.310 e. The molecule has 164 valence electrons. The van der Waals surface area contributed by atoms with E-state index in [1.54, 1.807) is 35.7 Å². The molecule has 4 rings (SSSR count). The van der Waals surface area contributed by atoms with E-state index in [0.29, 0.717) is 24.5 Å². The Balaban J connectivity index is 1.76. The van der Waals surface area contributed by atoms with E-state index < -0.39 is 9.84 Å². The summed E-state index contributed by atoms with van der Waals surface area (Å²) in [7, 11) is -3.29. The highest BCUT2D eigenvalue weighted by Gasteiger charge is 2.29. The maximum Gasteiger partial charge on any atom is 0.310 e. The number of benzene rings is 1. The van der Waals surface area contributed by atoms with Crippen LogP contribution in [0.1, 0.15) is 19.8 Å². The SMILES string of the molecule is CCOC(=O)C1CCCN(c2cc(-c3ccc(S(C)(=O)=O)cc3)n3ncnc(N)c23)C1. The van der Waals surface area contributed by atoms with Gasteiger partial charge in [-0.25, -0.2) is 17.9 Å². The van der Waals surface area contributed by atoms with Gasteiger partial charge in [0, 0.05) is 24.9 Å². The summed E-state index contributed by atoms with van der Waals surface area (Å²) in [6, 6.07) is 8.61. The Bertz CT molecular complexity index is 1220. The van der Waals surface area contributed by atoms with Gasteiger partial charge in [-0.15, -0.1) is 0 Å². The Morgan fingerprint density at radius 2 is 2.03 bits per heavy atom. The molecule has 0 saturated carbocycles. The summed E-state index contributed by atoms with van der Waals surface area (Å²) in [5.41, 5.74) is 9.27. The van der Waals surface area contributed by atoms with Gasteiger partial charge in [-0.2, -0.15) is 5.10 Å². The van der Waals surface area contributed by atoms with Crippen molar-refractivity contribution in [1.82, 2.24) is 14.6 Å². The van der Waals surface area contributed by atoms with Gasteiger partial charge in [0.15, 0.2) is 15.7 Å². The molecule has 1 atom stereocenters. The number of aromatic nitrogens is 3. The van der Waals surface area contributed by atoms with Crippen molar-refractivity contribution in [1.29, 1.82) is 0 Å². The second-order valence-electron chi connectivity index (χ2n) is 7.65. The third-order valence-electron chi connectivity index (χ3n) is 5.52. The molecule has 1 fully saturated rings. The zero-order valence-corrected chi connectivity index (χ0v) is 18.3. The molecule has 0 radical (unpaired) electrons. The van der Waals surface area contributed by atoms with Gasteiger partial charge in [0.05, 0.1) is 28.8 Å². The monoisotopic (exact) mass is 443 g/mol. The minimum atomic E-state index is -3.29. The number of fused-ring (bicyclic) bond motifs is 1. The highest BCUT2D eigenvalue weighted by molar-refractivity contribution is 7.90. The van der Waals surface area contributed by atoms with Gasteiger partial charge < -0.3 is 15.4 Å². The van der Waals surface area contributed by atoms with Crippen LogP contribution >= 0.6 is 0 Å². The van der Waals surface area contributed by atoms with E-state index in [0.717, 1.165) is 36.3 Å². The summed E-state index contributed by atoms with van der Waals surface area (Å²) in [5.74, 6) is -0.0502. The molecule has 0 spiro atoms. The summed E-state index contributed by atoms with van der Waals surface area (Å²) in [4.78, 5) is 18.8. The first-order valence-corrected chi connectivity index (χ1v) is 12.0. The Hall–Kier alpha value is -3.14. The Morgan fingerprint density at radius 3 is 2.71 bits per heavy atom. The molecule has 2 aromatic heterocycles. The number of hydrogen-bond acceptors (Lipinski definition) is 8. The molecular formula is C21H25N5O4S. The number of sulfone groups is 1. The van der Waals surface area contributed by atoms with Crippen LogP contribution in [-0.2, 0) is 19.4 Å². The standard InChI is InChI=1S/C21H25N5O4S/c1-3-30-21(27)15-5-4-10-25(12-15)18-11-17(26-19(18)20(22)23-13-24-26)14-6-8-16(9-7-14)31(2,28)29/h6-9,11,13,15H,3-5,10,12H2,1-2H3,(H2,22,23,24). The van der Waals surface area contributed by atoms with Crippen LogP contribution in [0.3, 0.4) is 0 Å². The van der Waals surface area contributed by atoms with Crippen molar-refractivity contribution in [3.05, 3.63) is 36.7 Å². The molecule has 0 bridgehead atoms. The fraction of sp³-hybridized carbons (Fsp3) is 0.381. The molecule has 10 heteroatoms. The minimum absolute atomic E-state index is 0.184. The second-order valence-corrected chi connectivity index (χ2v) is 9.67. The number of anilines is 2. The van der Waals surface area contributed by atoms with E-state index in [-0.39, 0.29) is 16.8 Å². The van der Waals surface area contributed by atoms with Gasteiger partial charge in [0.25, 0.3) is 0 Å². The van der Waals surface area contributed by atoms with E-state index in [4.69, 9.17) is 10.5 Å². The van der Waals surface area contributed by atoms with Gasteiger partial charge in [0.2, 0.25) is 0 Å². The third-order valence-corrected chi connectivity index (χ3v) is 6.65. The van der Waals surface area contributed by atoms with Crippen molar-refractivity contribution in [3.63, 3.8) is 0 Å². The molecular weight excluding hydrogens is 418 g/mol. The first-order valence-electron chi connectivity index (χ1n) is 10.1. The van der Waals surface area contributed by atoms with Gasteiger partial charge in [-0.05, 0) is 38.0 Å². The number of esters is 1. The fourth-order valence-corrected chi connectivity index (χ4v) is 4.65. The molecule has 1 aromatic carbocycles. The zero-order valence-electron chi connectivity index (χ0n) is 17.5. The van der Waals surface area contributed by atoms with Gasteiger partial charge in [-0.1, -0.05) is 12.1 Å². The van der Waals surface area contributed by atoms with E-state index >= 15 is 0 Å². The molecule has 3 heterocycles. The molecule has 1 saturated heterocycles. The lowest BCUT2D eigenvalue weighted by Gasteiger charge is -2.32. The molecule has 1 aliphatic heterocycles. The quantitative estimate of drug-likeness (QED) is 0.596. The number of ether oxygens (including phenoxy) is 1. The topological polar surface area (TPSA) is 120 Å². The predicted molar refractivity (Wildman–Crippen MR) is 118 cm³/mol. The average Bonchev–Trinajstić information content (AvgIpc) is 3.15. The van der Waals surface area contributed by atoms with Crippen LogP contribution in [0, 0.1) is 5.92 Å². The highest BCUT2D eigenvalue weighted by Crippen LogP contribution is 2.36. The number of nitrogens with two attached hydrogens (primary N) is 1. The normalized spacial score (nSPS) is 17.1. The average molecular weight is 444 g/mol. The third kappa shape index (κ3) is 4.07. The summed E-state index contributed by atoms with van der Waals surface area (Å²) in [6.45, 7) is 3.47. The van der Waals surface area contributed by atoms with Gasteiger partial charge in [-0.3, -0.25) is 4.79 Å². The number of carbonyl (C=O) groups is 1. The molecule has 0 amide bonds. The summed E-state index contributed by atoms with van der Waals surface area (Å²) in [5, 5.41) is 4.38. The Morgan fingerprint density at radius 1 is 1.29 bits per heavy atom. The van der Waals surface area contributed by atoms with Crippen molar-refractivity contribution in [2.75, 3.05) is 36.6 Å². The van der Waals surface area contributed by atoms with Gasteiger partial charge >= 0.3 is 5.97 Å². The van der Waals surface area contributed by atoms with Crippen LogP contribution in [0.4, 0.5) is 11.5 Å². The number of hydrogen-bond donors (Lipinski definition) is 1. The predicted octanol–water partition coefficient (Wildman–Crippen LogP) is 2.16. The first-order chi connectivity index (χ1) is 14.8. The van der Waals surface area contributed by atoms with Crippen LogP contribution in [0.2, 0.25) is 0 Å². The van der Waals surface area contributed by atoms with Crippen molar-refractivity contribution in [3.8, 4) is 11.3 Å². The minimum Gasteiger partial charge on any atom is -0.466 e. The van der Waals surface area contributed by atoms with Crippen molar-refractivity contribution < 1.29 is 17.9 Å². The van der Waals surface area contributed by atoms with E-state index in [1.165, 1.54) is 12.6 Å². The van der Waals surface area contributed by atoms with E-state index in [1.807, 2.05) is 6.07 Å². The van der Waals surface area contributed by atoms with Crippen LogP contribution in [-0.4, -0.2) is 54.9 Å². The van der Waals surface area contributed by atoms with Crippen molar-refractivity contribution in [2.24, 2.45) is 5.92 Å². The Kier molecular flexibility index (Phi) is 5.57. The molecule has 2 N–H and O–H groups in total. The lowest BCUT2D eigenvalue weighted by Crippen LogP contribution is -2.39. The lowest BCUT2D eigenvalue weighted by molar-refractivity contribution is -0.148. The molecule has 1 unspecified atom stereocenters.